The molecule has 0 aliphatic heterocycles. The lowest BCUT2D eigenvalue weighted by Gasteiger charge is -2.12. The molecule has 92 valence electrons. The summed E-state index contributed by atoms with van der Waals surface area (Å²) >= 11 is 0. The third-order valence-electron chi connectivity index (χ3n) is 2.21. The van der Waals surface area contributed by atoms with Gasteiger partial charge in [-0.05, 0) is 6.07 Å². The zero-order valence-electron chi connectivity index (χ0n) is 8.96. The van der Waals surface area contributed by atoms with Crippen LogP contribution in [0.4, 0.5) is 0 Å². The largest absolute Gasteiger partial charge is 0.508 e. The van der Waals surface area contributed by atoms with Crippen LogP contribution in [0.2, 0.25) is 0 Å². The lowest BCUT2D eigenvalue weighted by molar-refractivity contribution is -0.146. The molecular formula is C11H13NO5. The van der Waals surface area contributed by atoms with Gasteiger partial charge in [0.05, 0.1) is 6.42 Å². The summed E-state index contributed by atoms with van der Waals surface area (Å²) < 4.78 is 0. The normalized spacial score (nSPS) is 12.0. The predicted molar refractivity (Wildman–Crippen MR) is 58.6 cm³/mol. The molecule has 0 aromatic heterocycles. The van der Waals surface area contributed by atoms with E-state index < -0.39 is 24.4 Å². The highest BCUT2D eigenvalue weighted by Gasteiger charge is 2.20. The lowest BCUT2D eigenvalue weighted by Crippen LogP contribution is -2.38. The number of nitrogens with one attached hydrogen (secondary N) is 1. The maximum absolute atomic E-state index is 10.8. The van der Waals surface area contributed by atoms with E-state index in [0.29, 0.717) is 5.56 Å². The van der Waals surface area contributed by atoms with E-state index in [-0.39, 0.29) is 12.3 Å². The van der Waals surface area contributed by atoms with Gasteiger partial charge in [-0.25, -0.2) is 0 Å². The van der Waals surface area contributed by atoms with Gasteiger partial charge in [0.1, 0.15) is 11.8 Å². The number of aliphatic carboxylic acids is 2. The molecule has 0 saturated carbocycles. The maximum atomic E-state index is 10.8. The Kier molecular flexibility index (Phi) is 4.47. The molecule has 1 unspecified atom stereocenters. The summed E-state index contributed by atoms with van der Waals surface area (Å²) in [5.41, 5.74) is 0.518. The molecule has 0 amide bonds. The first-order chi connectivity index (χ1) is 8.00. The van der Waals surface area contributed by atoms with Crippen LogP contribution < -0.4 is 5.32 Å². The van der Waals surface area contributed by atoms with E-state index >= 15 is 0 Å². The molecule has 0 bridgehead atoms. The van der Waals surface area contributed by atoms with Crippen LogP contribution in [0, 0.1) is 0 Å². The highest BCUT2D eigenvalue weighted by molar-refractivity contribution is 5.80. The molecule has 0 heterocycles. The maximum Gasteiger partial charge on any atom is 0.321 e. The highest BCUT2D eigenvalue weighted by Crippen LogP contribution is 2.15. The zero-order chi connectivity index (χ0) is 12.8. The molecule has 0 aliphatic rings. The molecule has 0 spiro atoms. The van der Waals surface area contributed by atoms with E-state index in [9.17, 15) is 14.7 Å². The van der Waals surface area contributed by atoms with Crippen LogP contribution in [0.25, 0.3) is 0 Å². The summed E-state index contributed by atoms with van der Waals surface area (Å²) in [5.74, 6) is -2.38. The average Bonchev–Trinajstić information content (AvgIpc) is 2.25. The number of phenols is 1. The minimum absolute atomic E-state index is 0.0412. The fraction of sp³-hybridized carbons (Fsp3) is 0.273. The predicted octanol–water partition coefficient (Wildman–Crippen LogP) is 0.410. The van der Waals surface area contributed by atoms with Gasteiger partial charge < -0.3 is 15.3 Å². The number of aromatic hydroxyl groups is 1. The third-order valence-corrected chi connectivity index (χ3v) is 2.21. The number of hydrogen-bond acceptors (Lipinski definition) is 4. The van der Waals surface area contributed by atoms with E-state index in [2.05, 4.69) is 5.32 Å². The fourth-order valence-electron chi connectivity index (χ4n) is 1.31. The van der Waals surface area contributed by atoms with E-state index in [1.165, 1.54) is 6.07 Å². The van der Waals surface area contributed by atoms with Gasteiger partial charge >= 0.3 is 11.9 Å². The fourth-order valence-corrected chi connectivity index (χ4v) is 1.31. The van der Waals surface area contributed by atoms with E-state index in [4.69, 9.17) is 10.2 Å². The van der Waals surface area contributed by atoms with Crippen LogP contribution >= 0.6 is 0 Å². The lowest BCUT2D eigenvalue weighted by atomic mass is 10.1. The van der Waals surface area contributed by atoms with Crippen molar-refractivity contribution in [3.63, 3.8) is 0 Å². The average molecular weight is 239 g/mol. The van der Waals surface area contributed by atoms with E-state index in [1.54, 1.807) is 18.2 Å². The summed E-state index contributed by atoms with van der Waals surface area (Å²) in [6.45, 7) is 0.0942. The molecule has 1 aromatic rings. The molecule has 0 aliphatic carbocycles. The van der Waals surface area contributed by atoms with Crippen LogP contribution in [-0.4, -0.2) is 33.3 Å². The van der Waals surface area contributed by atoms with Crippen molar-refractivity contribution in [3.05, 3.63) is 29.8 Å². The highest BCUT2D eigenvalue weighted by atomic mass is 16.4. The van der Waals surface area contributed by atoms with Crippen LogP contribution in [0.1, 0.15) is 12.0 Å². The Hall–Kier alpha value is -2.08. The van der Waals surface area contributed by atoms with Crippen molar-refractivity contribution in [3.8, 4) is 5.75 Å². The second-order valence-corrected chi connectivity index (χ2v) is 3.50. The summed E-state index contributed by atoms with van der Waals surface area (Å²) in [6, 6.07) is 5.27. The van der Waals surface area contributed by atoms with Gasteiger partial charge in [-0.2, -0.15) is 0 Å². The molecule has 1 atom stereocenters. The van der Waals surface area contributed by atoms with Gasteiger partial charge in [-0.1, -0.05) is 18.2 Å². The minimum Gasteiger partial charge on any atom is -0.508 e. The zero-order valence-corrected chi connectivity index (χ0v) is 8.96. The van der Waals surface area contributed by atoms with Gasteiger partial charge in [0.15, 0.2) is 0 Å². The molecule has 6 nitrogen and oxygen atoms in total. The van der Waals surface area contributed by atoms with Crippen LogP contribution in [0.15, 0.2) is 24.3 Å². The van der Waals surface area contributed by atoms with Crippen molar-refractivity contribution in [1.82, 2.24) is 5.32 Å². The number of carboxylic acids is 2. The molecule has 0 saturated heterocycles. The number of hydrogen-bond donors (Lipinski definition) is 4. The van der Waals surface area contributed by atoms with Crippen molar-refractivity contribution in [2.45, 2.75) is 19.0 Å². The number of para-hydroxylation sites is 1. The van der Waals surface area contributed by atoms with Crippen LogP contribution in [-0.2, 0) is 16.1 Å². The SMILES string of the molecule is O=C(O)CC(NCc1ccccc1O)C(=O)O. The number of benzene rings is 1. The summed E-state index contributed by atoms with van der Waals surface area (Å²) in [5, 5.41) is 29.3. The number of phenolic OH excluding ortho intramolecular Hbond substituents is 1. The van der Waals surface area contributed by atoms with Crippen molar-refractivity contribution in [1.29, 1.82) is 0 Å². The molecule has 6 heteroatoms. The first kappa shape index (κ1) is 13.0. The topological polar surface area (TPSA) is 107 Å². The Morgan fingerprint density at radius 1 is 1.24 bits per heavy atom. The Bertz CT molecular complexity index is 418. The van der Waals surface area contributed by atoms with Crippen molar-refractivity contribution >= 4 is 11.9 Å². The first-order valence-corrected chi connectivity index (χ1v) is 4.95. The Balaban J connectivity index is 2.61. The van der Waals surface area contributed by atoms with Gasteiger partial charge in [-0.3, -0.25) is 14.9 Å². The summed E-state index contributed by atoms with van der Waals surface area (Å²) in [6.07, 6.45) is -0.511. The third kappa shape index (κ3) is 4.12. The summed E-state index contributed by atoms with van der Waals surface area (Å²) in [4.78, 5) is 21.2. The van der Waals surface area contributed by atoms with Gasteiger partial charge in [0.25, 0.3) is 0 Å². The van der Waals surface area contributed by atoms with Crippen molar-refractivity contribution in [2.24, 2.45) is 0 Å². The standard InChI is InChI=1S/C11H13NO5/c13-9-4-2-1-3-7(9)6-12-8(11(16)17)5-10(14)15/h1-4,8,12-13H,5-6H2,(H,14,15)(H,16,17). The summed E-state index contributed by atoms with van der Waals surface area (Å²) in [7, 11) is 0. The van der Waals surface area contributed by atoms with Gasteiger partial charge in [-0.15, -0.1) is 0 Å². The molecule has 0 radical (unpaired) electrons. The van der Waals surface area contributed by atoms with Gasteiger partial charge in [0, 0.05) is 12.1 Å². The molecule has 17 heavy (non-hydrogen) atoms. The molecule has 1 rings (SSSR count). The number of carbonyl (C=O) groups is 2. The first-order valence-electron chi connectivity index (χ1n) is 4.95. The minimum atomic E-state index is -1.23. The van der Waals surface area contributed by atoms with E-state index in [1.807, 2.05) is 0 Å². The molecule has 1 aromatic carbocycles. The molecular weight excluding hydrogens is 226 g/mol. The Morgan fingerprint density at radius 3 is 2.41 bits per heavy atom. The van der Waals surface area contributed by atoms with Crippen LogP contribution in [0.3, 0.4) is 0 Å². The van der Waals surface area contributed by atoms with E-state index in [0.717, 1.165) is 0 Å². The molecule has 0 fully saturated rings. The quantitative estimate of drug-likeness (QED) is 0.572. The van der Waals surface area contributed by atoms with Crippen LogP contribution in [0.5, 0.6) is 5.75 Å². The smallest absolute Gasteiger partial charge is 0.321 e. The van der Waals surface area contributed by atoms with Crippen molar-refractivity contribution < 1.29 is 24.9 Å². The Morgan fingerprint density at radius 2 is 1.88 bits per heavy atom. The number of rotatable bonds is 6. The molecule has 4 N–H and O–H groups in total. The Labute approximate surface area is 97.5 Å². The second kappa shape index (κ2) is 5.86. The van der Waals surface area contributed by atoms with Crippen molar-refractivity contribution in [2.75, 3.05) is 0 Å². The monoisotopic (exact) mass is 239 g/mol. The van der Waals surface area contributed by atoms with Gasteiger partial charge in [0.2, 0.25) is 0 Å². The second-order valence-electron chi connectivity index (χ2n) is 3.50. The number of carboxylic acid groups (broad SMARTS) is 2.